The van der Waals surface area contributed by atoms with E-state index in [1.54, 1.807) is 6.07 Å². The van der Waals surface area contributed by atoms with Crippen molar-refractivity contribution in [2.75, 3.05) is 19.6 Å². The van der Waals surface area contributed by atoms with Crippen LogP contribution in [0.25, 0.3) is 0 Å². The highest BCUT2D eigenvalue weighted by molar-refractivity contribution is 14.1. The topological polar surface area (TPSA) is 46.3 Å². The average molecular weight is 395 g/mol. The lowest BCUT2D eigenvalue weighted by molar-refractivity contribution is 0.0701. The molecule has 19 heavy (non-hydrogen) atoms. The molecule has 0 atom stereocenters. The fourth-order valence-corrected chi connectivity index (χ4v) is 2.24. The summed E-state index contributed by atoms with van der Waals surface area (Å²) in [6, 6.07) is 5.40. The van der Waals surface area contributed by atoms with Crippen LogP contribution >= 0.6 is 34.2 Å². The molecule has 0 heterocycles. The molecule has 1 rings (SSSR count). The van der Waals surface area contributed by atoms with Crippen molar-refractivity contribution < 1.29 is 4.79 Å². The molecule has 1 amide bonds. The minimum absolute atomic E-state index is 0.00215. The molecule has 0 aliphatic heterocycles. The third-order valence-electron chi connectivity index (χ3n) is 3.01. The maximum Gasteiger partial charge on any atom is 0.253 e. The Morgan fingerprint density at radius 1 is 1.47 bits per heavy atom. The summed E-state index contributed by atoms with van der Waals surface area (Å²) < 4.78 is 0.946. The maximum atomic E-state index is 12.5. The van der Waals surface area contributed by atoms with E-state index in [-0.39, 0.29) is 11.3 Å². The van der Waals surface area contributed by atoms with E-state index in [1.165, 1.54) is 0 Å². The SMILES string of the molecule is CCN(CC(C)(C)CN)C(=O)c1ccc(I)c(Cl)c1. The number of nitrogens with zero attached hydrogens (tertiary/aromatic N) is 1. The minimum atomic E-state index is -0.0847. The molecule has 3 nitrogen and oxygen atoms in total. The number of nitrogens with two attached hydrogens (primary N) is 1. The highest BCUT2D eigenvalue weighted by Crippen LogP contribution is 2.22. The van der Waals surface area contributed by atoms with Crippen LogP contribution in [0.5, 0.6) is 0 Å². The zero-order valence-corrected chi connectivity index (χ0v) is 14.5. The summed E-state index contributed by atoms with van der Waals surface area (Å²) in [6.07, 6.45) is 0. The number of amides is 1. The van der Waals surface area contributed by atoms with Gasteiger partial charge >= 0.3 is 0 Å². The number of carbonyl (C=O) groups excluding carboxylic acids is 1. The molecular formula is C14H20ClIN2O. The highest BCUT2D eigenvalue weighted by Gasteiger charge is 2.23. The van der Waals surface area contributed by atoms with E-state index in [0.29, 0.717) is 30.2 Å². The number of halogens is 2. The third kappa shape index (κ3) is 4.61. The summed E-state index contributed by atoms with van der Waals surface area (Å²) in [5.41, 5.74) is 6.27. The summed E-state index contributed by atoms with van der Waals surface area (Å²) in [6.45, 7) is 7.94. The van der Waals surface area contributed by atoms with Crippen LogP contribution < -0.4 is 5.73 Å². The molecule has 0 fully saturated rings. The standard InChI is InChI=1S/C14H20ClIN2O/c1-4-18(9-14(2,3)8-17)13(19)10-5-6-12(16)11(15)7-10/h5-7H,4,8-9,17H2,1-3H3. The average Bonchev–Trinajstić information content (AvgIpc) is 2.38. The van der Waals surface area contributed by atoms with E-state index in [9.17, 15) is 4.79 Å². The van der Waals surface area contributed by atoms with Crippen LogP contribution in [0, 0.1) is 8.99 Å². The van der Waals surface area contributed by atoms with E-state index in [4.69, 9.17) is 17.3 Å². The molecule has 2 N–H and O–H groups in total. The molecule has 0 saturated heterocycles. The Labute approximate surface area is 133 Å². The first-order chi connectivity index (χ1) is 8.80. The van der Waals surface area contributed by atoms with Crippen LogP contribution in [0.2, 0.25) is 5.02 Å². The molecule has 0 aromatic heterocycles. The van der Waals surface area contributed by atoms with Crippen molar-refractivity contribution >= 4 is 40.1 Å². The van der Waals surface area contributed by atoms with Gasteiger partial charge in [-0.3, -0.25) is 4.79 Å². The Kier molecular flexibility index (Phi) is 6.08. The van der Waals surface area contributed by atoms with E-state index in [0.717, 1.165) is 3.57 Å². The zero-order valence-electron chi connectivity index (χ0n) is 11.5. The van der Waals surface area contributed by atoms with Gasteiger partial charge < -0.3 is 10.6 Å². The lowest BCUT2D eigenvalue weighted by atomic mass is 9.93. The van der Waals surface area contributed by atoms with Crippen LogP contribution in [0.1, 0.15) is 31.1 Å². The monoisotopic (exact) mass is 394 g/mol. The molecular weight excluding hydrogens is 375 g/mol. The third-order valence-corrected chi connectivity index (χ3v) is 4.58. The first kappa shape index (κ1) is 16.7. The number of rotatable bonds is 5. The van der Waals surface area contributed by atoms with Crippen LogP contribution in [0.3, 0.4) is 0 Å². The number of carbonyl (C=O) groups is 1. The normalized spacial score (nSPS) is 11.5. The van der Waals surface area contributed by atoms with Gasteiger partial charge in [0.1, 0.15) is 0 Å². The zero-order chi connectivity index (χ0) is 14.6. The number of benzene rings is 1. The predicted molar refractivity (Wildman–Crippen MR) is 88.6 cm³/mol. The highest BCUT2D eigenvalue weighted by atomic mass is 127. The molecule has 0 aliphatic carbocycles. The van der Waals surface area contributed by atoms with Gasteiger partial charge in [-0.15, -0.1) is 0 Å². The van der Waals surface area contributed by atoms with Gasteiger partial charge in [-0.2, -0.15) is 0 Å². The van der Waals surface area contributed by atoms with Crippen molar-refractivity contribution in [3.63, 3.8) is 0 Å². The van der Waals surface area contributed by atoms with E-state index < -0.39 is 0 Å². The summed E-state index contributed by atoms with van der Waals surface area (Å²) in [7, 11) is 0. The lowest BCUT2D eigenvalue weighted by Crippen LogP contribution is -2.42. The Morgan fingerprint density at radius 2 is 2.11 bits per heavy atom. The summed E-state index contributed by atoms with van der Waals surface area (Å²) >= 11 is 8.21. The number of hydrogen-bond donors (Lipinski definition) is 1. The Balaban J connectivity index is 2.92. The van der Waals surface area contributed by atoms with Crippen LogP contribution in [0.4, 0.5) is 0 Å². The fourth-order valence-electron chi connectivity index (χ4n) is 1.72. The molecule has 0 saturated carbocycles. The van der Waals surface area contributed by atoms with Crippen molar-refractivity contribution in [1.82, 2.24) is 4.90 Å². The second kappa shape index (κ2) is 6.90. The quantitative estimate of drug-likeness (QED) is 0.778. The molecule has 106 valence electrons. The Morgan fingerprint density at radius 3 is 2.58 bits per heavy atom. The summed E-state index contributed by atoms with van der Waals surface area (Å²) in [5.74, 6) is 0.00215. The van der Waals surface area contributed by atoms with Gasteiger partial charge in [0, 0.05) is 22.2 Å². The van der Waals surface area contributed by atoms with Crippen LogP contribution in [0.15, 0.2) is 18.2 Å². The molecule has 1 aromatic carbocycles. The van der Waals surface area contributed by atoms with Gasteiger partial charge in [0.15, 0.2) is 0 Å². The van der Waals surface area contributed by atoms with Crippen LogP contribution in [-0.4, -0.2) is 30.4 Å². The first-order valence-electron chi connectivity index (χ1n) is 6.25. The first-order valence-corrected chi connectivity index (χ1v) is 7.71. The largest absolute Gasteiger partial charge is 0.338 e. The van der Waals surface area contributed by atoms with E-state index in [2.05, 4.69) is 36.4 Å². The second-order valence-electron chi connectivity index (χ2n) is 5.32. The van der Waals surface area contributed by atoms with Gasteiger partial charge in [0.25, 0.3) is 5.91 Å². The molecule has 0 unspecified atom stereocenters. The Hall–Kier alpha value is -0.330. The molecule has 0 aliphatic rings. The van der Waals surface area contributed by atoms with Crippen molar-refractivity contribution in [3.05, 3.63) is 32.4 Å². The second-order valence-corrected chi connectivity index (χ2v) is 6.89. The van der Waals surface area contributed by atoms with Gasteiger partial charge in [0.2, 0.25) is 0 Å². The Bertz CT molecular complexity index is 463. The van der Waals surface area contributed by atoms with Crippen LogP contribution in [-0.2, 0) is 0 Å². The maximum absolute atomic E-state index is 12.5. The number of hydrogen-bond acceptors (Lipinski definition) is 2. The lowest BCUT2D eigenvalue weighted by Gasteiger charge is -2.31. The molecule has 1 aromatic rings. The smallest absolute Gasteiger partial charge is 0.253 e. The molecule has 5 heteroatoms. The minimum Gasteiger partial charge on any atom is -0.338 e. The van der Waals surface area contributed by atoms with Gasteiger partial charge in [0.05, 0.1) is 5.02 Å². The van der Waals surface area contributed by atoms with Gasteiger partial charge in [-0.1, -0.05) is 25.4 Å². The molecule has 0 radical (unpaired) electrons. The molecule has 0 spiro atoms. The van der Waals surface area contributed by atoms with Crippen molar-refractivity contribution in [3.8, 4) is 0 Å². The summed E-state index contributed by atoms with van der Waals surface area (Å²) in [5, 5.41) is 0.612. The van der Waals surface area contributed by atoms with Crippen molar-refractivity contribution in [2.24, 2.45) is 11.1 Å². The predicted octanol–water partition coefficient (Wildman–Crippen LogP) is 3.39. The fraction of sp³-hybridized carbons (Fsp3) is 0.500. The van der Waals surface area contributed by atoms with E-state index in [1.807, 2.05) is 24.0 Å². The van der Waals surface area contributed by atoms with Gasteiger partial charge in [-0.05, 0) is 59.7 Å². The van der Waals surface area contributed by atoms with Crippen molar-refractivity contribution in [2.45, 2.75) is 20.8 Å². The van der Waals surface area contributed by atoms with Crippen molar-refractivity contribution in [1.29, 1.82) is 0 Å². The molecule has 0 bridgehead atoms. The van der Waals surface area contributed by atoms with Gasteiger partial charge in [-0.25, -0.2) is 0 Å². The summed E-state index contributed by atoms with van der Waals surface area (Å²) in [4.78, 5) is 14.3. The van der Waals surface area contributed by atoms with E-state index >= 15 is 0 Å².